The molecule has 0 spiro atoms. The maximum Gasteiger partial charge on any atom is 0.317 e. The third-order valence-electron chi connectivity index (χ3n) is 2.23. The van der Waals surface area contributed by atoms with Crippen LogP contribution < -0.4 is 10.6 Å². The summed E-state index contributed by atoms with van der Waals surface area (Å²) in [5.74, 6) is 0.521. The van der Waals surface area contributed by atoms with E-state index < -0.39 is 0 Å². The predicted octanol–water partition coefficient (Wildman–Crippen LogP) is 1.26. The highest BCUT2D eigenvalue weighted by atomic mass is 16.4. The summed E-state index contributed by atoms with van der Waals surface area (Å²) in [4.78, 5) is 1.77. The second-order valence-corrected chi connectivity index (χ2v) is 3.69. The monoisotopic (exact) mass is 218 g/mol. The third kappa shape index (κ3) is 2.04. The van der Waals surface area contributed by atoms with Crippen LogP contribution in [-0.4, -0.2) is 24.3 Å². The lowest BCUT2D eigenvalue weighted by molar-refractivity contribution is 0.566. The van der Waals surface area contributed by atoms with Crippen molar-refractivity contribution in [2.75, 3.05) is 19.0 Å². The van der Waals surface area contributed by atoms with E-state index >= 15 is 0 Å². The zero-order valence-corrected chi connectivity index (χ0v) is 9.34. The van der Waals surface area contributed by atoms with Gasteiger partial charge in [0.05, 0.1) is 0 Å². The second kappa shape index (κ2) is 4.32. The lowest BCUT2D eigenvalue weighted by atomic mass is 10.1. The van der Waals surface area contributed by atoms with Crippen LogP contribution in [0.4, 0.5) is 6.01 Å². The highest BCUT2D eigenvalue weighted by Gasteiger charge is 2.09. The van der Waals surface area contributed by atoms with Crippen molar-refractivity contribution in [2.45, 2.75) is 6.54 Å². The molecule has 1 heterocycles. The number of nitrogens with zero attached hydrogens (tertiary/aromatic N) is 3. The number of hydrogen-bond acceptors (Lipinski definition) is 5. The number of hydrogen-bond donors (Lipinski definition) is 1. The Kier molecular flexibility index (Phi) is 2.87. The van der Waals surface area contributed by atoms with Gasteiger partial charge in [-0.2, -0.15) is 0 Å². The zero-order chi connectivity index (χ0) is 11.5. The molecular formula is C11H14N4O. The van der Waals surface area contributed by atoms with Crippen LogP contribution in [0.5, 0.6) is 0 Å². The van der Waals surface area contributed by atoms with Crippen LogP contribution in [0.1, 0.15) is 5.56 Å². The number of nitrogens with two attached hydrogens (primary N) is 1. The molecule has 5 heteroatoms. The molecule has 1 aromatic carbocycles. The zero-order valence-electron chi connectivity index (χ0n) is 9.34. The van der Waals surface area contributed by atoms with Crippen molar-refractivity contribution >= 4 is 6.01 Å². The normalized spacial score (nSPS) is 10.4. The summed E-state index contributed by atoms with van der Waals surface area (Å²) in [6, 6.07) is 8.26. The number of benzene rings is 1. The predicted molar refractivity (Wildman–Crippen MR) is 62.0 cm³/mol. The van der Waals surface area contributed by atoms with E-state index in [1.807, 2.05) is 38.4 Å². The van der Waals surface area contributed by atoms with Gasteiger partial charge in [0, 0.05) is 26.2 Å². The van der Waals surface area contributed by atoms with Gasteiger partial charge in [-0.25, -0.2) is 0 Å². The average Bonchev–Trinajstić information content (AvgIpc) is 2.78. The minimum absolute atomic E-state index is 0.498. The summed E-state index contributed by atoms with van der Waals surface area (Å²) in [5.41, 5.74) is 7.50. The van der Waals surface area contributed by atoms with E-state index in [0.717, 1.165) is 11.1 Å². The topological polar surface area (TPSA) is 68.2 Å². The standard InChI is InChI=1S/C11H14N4O/c1-15(2)11-14-13-10(16-11)9-5-3-8(7-12)4-6-9/h3-6H,7,12H2,1-2H3. The highest BCUT2D eigenvalue weighted by molar-refractivity contribution is 5.54. The van der Waals surface area contributed by atoms with Gasteiger partial charge in [-0.15, -0.1) is 5.10 Å². The van der Waals surface area contributed by atoms with Gasteiger partial charge in [0.15, 0.2) is 0 Å². The number of rotatable bonds is 3. The van der Waals surface area contributed by atoms with Gasteiger partial charge in [-0.05, 0) is 17.7 Å². The van der Waals surface area contributed by atoms with Gasteiger partial charge in [0.2, 0.25) is 5.89 Å². The fourth-order valence-electron chi connectivity index (χ4n) is 1.30. The maximum absolute atomic E-state index is 5.52. The van der Waals surface area contributed by atoms with E-state index in [4.69, 9.17) is 10.2 Å². The van der Waals surface area contributed by atoms with Crippen LogP contribution in [0.15, 0.2) is 28.7 Å². The Morgan fingerprint density at radius 2 is 1.88 bits per heavy atom. The fraction of sp³-hybridized carbons (Fsp3) is 0.273. The van der Waals surface area contributed by atoms with Crippen molar-refractivity contribution in [1.82, 2.24) is 10.2 Å². The molecule has 16 heavy (non-hydrogen) atoms. The molecule has 0 bridgehead atoms. The lowest BCUT2D eigenvalue weighted by Gasteiger charge is -2.03. The van der Waals surface area contributed by atoms with E-state index in [1.165, 1.54) is 0 Å². The van der Waals surface area contributed by atoms with Crippen LogP contribution >= 0.6 is 0 Å². The molecule has 0 atom stereocenters. The Labute approximate surface area is 93.9 Å². The Morgan fingerprint density at radius 1 is 1.19 bits per heavy atom. The molecule has 0 amide bonds. The van der Waals surface area contributed by atoms with Gasteiger partial charge in [0.1, 0.15) is 0 Å². The first-order chi connectivity index (χ1) is 7.70. The summed E-state index contributed by atoms with van der Waals surface area (Å²) in [6.45, 7) is 0.535. The molecule has 0 aliphatic rings. The lowest BCUT2D eigenvalue weighted by Crippen LogP contribution is -2.08. The first kappa shape index (κ1) is 10.6. The summed E-state index contributed by atoms with van der Waals surface area (Å²) < 4.78 is 5.48. The largest absolute Gasteiger partial charge is 0.403 e. The van der Waals surface area contributed by atoms with Crippen molar-refractivity contribution < 1.29 is 4.42 Å². The van der Waals surface area contributed by atoms with Crippen LogP contribution in [-0.2, 0) is 6.54 Å². The summed E-state index contributed by atoms with van der Waals surface area (Å²) in [5, 5.41) is 7.89. The van der Waals surface area contributed by atoms with Crippen LogP contribution in [0.2, 0.25) is 0 Å². The van der Waals surface area contributed by atoms with Crippen LogP contribution in [0.25, 0.3) is 11.5 Å². The van der Waals surface area contributed by atoms with Gasteiger partial charge >= 0.3 is 6.01 Å². The minimum atomic E-state index is 0.498. The Morgan fingerprint density at radius 3 is 2.38 bits per heavy atom. The Bertz CT molecular complexity index is 461. The number of aromatic nitrogens is 2. The molecule has 2 N–H and O–H groups in total. The van der Waals surface area contributed by atoms with E-state index in [-0.39, 0.29) is 0 Å². The number of anilines is 1. The Balaban J connectivity index is 2.28. The highest BCUT2D eigenvalue weighted by Crippen LogP contribution is 2.20. The van der Waals surface area contributed by atoms with E-state index in [1.54, 1.807) is 4.90 Å². The Hall–Kier alpha value is -1.88. The van der Waals surface area contributed by atoms with E-state index in [0.29, 0.717) is 18.5 Å². The molecule has 5 nitrogen and oxygen atoms in total. The van der Waals surface area contributed by atoms with Crippen molar-refractivity contribution in [3.8, 4) is 11.5 Å². The maximum atomic E-state index is 5.52. The van der Waals surface area contributed by atoms with E-state index in [2.05, 4.69) is 10.2 Å². The molecule has 2 aromatic rings. The smallest absolute Gasteiger partial charge is 0.317 e. The average molecular weight is 218 g/mol. The molecule has 2 rings (SSSR count). The molecule has 84 valence electrons. The summed E-state index contributed by atoms with van der Waals surface area (Å²) in [7, 11) is 3.71. The molecule has 0 aliphatic heterocycles. The molecule has 0 radical (unpaired) electrons. The fourth-order valence-corrected chi connectivity index (χ4v) is 1.30. The molecule has 0 saturated carbocycles. The van der Waals surface area contributed by atoms with Crippen molar-refractivity contribution in [3.63, 3.8) is 0 Å². The molecule has 1 aromatic heterocycles. The van der Waals surface area contributed by atoms with Gasteiger partial charge < -0.3 is 15.1 Å². The molecule has 0 aliphatic carbocycles. The second-order valence-electron chi connectivity index (χ2n) is 3.69. The van der Waals surface area contributed by atoms with Crippen molar-refractivity contribution in [2.24, 2.45) is 5.73 Å². The molecule has 0 unspecified atom stereocenters. The van der Waals surface area contributed by atoms with E-state index in [9.17, 15) is 0 Å². The molecule has 0 fully saturated rings. The SMILES string of the molecule is CN(C)c1nnc(-c2ccc(CN)cc2)o1. The van der Waals surface area contributed by atoms with Gasteiger partial charge in [-0.1, -0.05) is 17.2 Å². The van der Waals surface area contributed by atoms with Crippen molar-refractivity contribution in [1.29, 1.82) is 0 Å². The molecule has 0 saturated heterocycles. The van der Waals surface area contributed by atoms with Gasteiger partial charge in [-0.3, -0.25) is 0 Å². The van der Waals surface area contributed by atoms with Crippen molar-refractivity contribution in [3.05, 3.63) is 29.8 Å². The summed E-state index contributed by atoms with van der Waals surface area (Å²) >= 11 is 0. The quantitative estimate of drug-likeness (QED) is 0.840. The molecular weight excluding hydrogens is 204 g/mol. The minimum Gasteiger partial charge on any atom is -0.403 e. The first-order valence-electron chi connectivity index (χ1n) is 5.01. The van der Waals surface area contributed by atoms with Gasteiger partial charge in [0.25, 0.3) is 0 Å². The third-order valence-corrected chi connectivity index (χ3v) is 2.23. The van der Waals surface area contributed by atoms with Crippen LogP contribution in [0, 0.1) is 0 Å². The van der Waals surface area contributed by atoms with Crippen LogP contribution in [0.3, 0.4) is 0 Å². The first-order valence-corrected chi connectivity index (χ1v) is 5.01. The summed E-state index contributed by atoms with van der Waals surface area (Å²) in [6.07, 6.45) is 0.